The average Bonchev–Trinajstić information content (AvgIpc) is 2.39. The van der Waals surface area contributed by atoms with Crippen molar-refractivity contribution < 1.29 is 8.95 Å². The van der Waals surface area contributed by atoms with E-state index in [1.807, 2.05) is 20.8 Å². The first kappa shape index (κ1) is 8.78. The van der Waals surface area contributed by atoms with Gasteiger partial charge in [-0.05, 0) is 26.3 Å². The van der Waals surface area contributed by atoms with Crippen LogP contribution in [-0.2, 0) is 15.5 Å². The molecule has 1 aliphatic heterocycles. The molecule has 3 heteroatoms. The zero-order valence-corrected chi connectivity index (χ0v) is 8.03. The number of hydrogen-bond acceptors (Lipinski definition) is 2. The zero-order chi connectivity index (χ0) is 8.48. The maximum Gasteiger partial charge on any atom is 0.105 e. The predicted molar refractivity (Wildman–Crippen MR) is 46.8 cm³/mol. The molecule has 11 heavy (non-hydrogen) atoms. The molecular formula is C8H14O2S. The fraction of sp³-hybridized carbons (Fsp3) is 0.750. The second-order valence-electron chi connectivity index (χ2n) is 3.45. The van der Waals surface area contributed by atoms with Crippen LogP contribution in [0.2, 0.25) is 0 Å². The molecular weight excluding hydrogens is 160 g/mol. The van der Waals surface area contributed by atoms with Crippen molar-refractivity contribution in [3.63, 3.8) is 0 Å². The molecule has 0 aromatic rings. The summed E-state index contributed by atoms with van der Waals surface area (Å²) in [4.78, 5) is 0. The van der Waals surface area contributed by atoms with Gasteiger partial charge in [-0.15, -0.1) is 0 Å². The van der Waals surface area contributed by atoms with Crippen molar-refractivity contribution in [2.45, 2.75) is 25.5 Å². The Hall–Kier alpha value is -0.310. The van der Waals surface area contributed by atoms with E-state index in [1.54, 1.807) is 6.26 Å². The lowest BCUT2D eigenvalue weighted by Crippen LogP contribution is -2.12. The highest BCUT2D eigenvalue weighted by Crippen LogP contribution is 2.31. The molecule has 0 aromatic heterocycles. The van der Waals surface area contributed by atoms with Crippen LogP contribution in [0.15, 0.2) is 11.8 Å². The Morgan fingerprint density at radius 1 is 1.73 bits per heavy atom. The fourth-order valence-corrected chi connectivity index (χ4v) is 1.66. The molecule has 1 heterocycles. The van der Waals surface area contributed by atoms with Gasteiger partial charge >= 0.3 is 0 Å². The molecule has 2 unspecified atom stereocenters. The van der Waals surface area contributed by atoms with E-state index in [0.717, 1.165) is 11.3 Å². The van der Waals surface area contributed by atoms with Crippen molar-refractivity contribution in [3.8, 4) is 0 Å². The standard InChI is InChI=1S/C8H14O2S/c1-7(2)4-10-5-8(3)6-11(8)9/h4H,5-6H2,1-3H3. The van der Waals surface area contributed by atoms with Crippen molar-refractivity contribution in [2.24, 2.45) is 0 Å². The van der Waals surface area contributed by atoms with Gasteiger partial charge in [0.15, 0.2) is 0 Å². The molecule has 0 N–H and O–H groups in total. The summed E-state index contributed by atoms with van der Waals surface area (Å²) in [6.07, 6.45) is 1.72. The van der Waals surface area contributed by atoms with E-state index in [0.29, 0.717) is 6.61 Å². The van der Waals surface area contributed by atoms with E-state index >= 15 is 0 Å². The third kappa shape index (κ3) is 2.33. The third-order valence-corrected chi connectivity index (χ3v) is 3.52. The lowest BCUT2D eigenvalue weighted by atomic mass is 10.2. The third-order valence-electron chi connectivity index (χ3n) is 1.60. The van der Waals surface area contributed by atoms with Gasteiger partial charge in [-0.1, -0.05) is 0 Å². The lowest BCUT2D eigenvalue weighted by Gasteiger charge is -2.04. The quantitative estimate of drug-likeness (QED) is 0.478. The van der Waals surface area contributed by atoms with Crippen molar-refractivity contribution in [2.75, 3.05) is 12.4 Å². The zero-order valence-electron chi connectivity index (χ0n) is 7.22. The fourth-order valence-electron chi connectivity index (χ4n) is 0.740. The van der Waals surface area contributed by atoms with Crippen LogP contribution < -0.4 is 0 Å². The summed E-state index contributed by atoms with van der Waals surface area (Å²) >= 11 is 0. The Labute approximate surface area is 70.1 Å². The predicted octanol–water partition coefficient (Wildman–Crippen LogP) is 1.45. The summed E-state index contributed by atoms with van der Waals surface area (Å²) < 4.78 is 16.1. The molecule has 0 aliphatic carbocycles. The normalized spacial score (nSPS) is 34.6. The van der Waals surface area contributed by atoms with E-state index in [9.17, 15) is 4.21 Å². The summed E-state index contributed by atoms with van der Waals surface area (Å²) in [5, 5.41) is 0. The maximum atomic E-state index is 10.9. The van der Waals surface area contributed by atoms with Gasteiger partial charge in [0.25, 0.3) is 0 Å². The maximum absolute atomic E-state index is 10.9. The van der Waals surface area contributed by atoms with E-state index in [4.69, 9.17) is 4.74 Å². The Morgan fingerprint density at radius 2 is 2.27 bits per heavy atom. The van der Waals surface area contributed by atoms with Gasteiger partial charge in [0.05, 0.1) is 11.0 Å². The monoisotopic (exact) mass is 174 g/mol. The van der Waals surface area contributed by atoms with Gasteiger partial charge in [-0.2, -0.15) is 0 Å². The summed E-state index contributed by atoms with van der Waals surface area (Å²) in [5.74, 6) is 0.795. The first-order valence-electron chi connectivity index (χ1n) is 3.68. The van der Waals surface area contributed by atoms with E-state index in [-0.39, 0.29) is 4.75 Å². The van der Waals surface area contributed by atoms with Crippen LogP contribution >= 0.6 is 0 Å². The van der Waals surface area contributed by atoms with Crippen molar-refractivity contribution in [1.82, 2.24) is 0 Å². The van der Waals surface area contributed by atoms with Gasteiger partial charge in [-0.3, -0.25) is 4.21 Å². The minimum absolute atomic E-state index is 0.0497. The Morgan fingerprint density at radius 3 is 2.64 bits per heavy atom. The van der Waals surface area contributed by atoms with E-state index in [1.165, 1.54) is 0 Å². The molecule has 2 nitrogen and oxygen atoms in total. The molecule has 0 saturated carbocycles. The second kappa shape index (κ2) is 2.97. The smallest absolute Gasteiger partial charge is 0.105 e. The summed E-state index contributed by atoms with van der Waals surface area (Å²) in [6.45, 7) is 6.53. The number of rotatable bonds is 3. The van der Waals surface area contributed by atoms with Crippen molar-refractivity contribution in [3.05, 3.63) is 11.8 Å². The van der Waals surface area contributed by atoms with Gasteiger partial charge in [0.2, 0.25) is 0 Å². The minimum Gasteiger partial charge on any atom is -0.500 e. The highest BCUT2D eigenvalue weighted by atomic mass is 32.2. The number of hydrogen-bond donors (Lipinski definition) is 0. The van der Waals surface area contributed by atoms with Crippen LogP contribution in [-0.4, -0.2) is 21.3 Å². The minimum atomic E-state index is -0.633. The first-order chi connectivity index (χ1) is 5.04. The van der Waals surface area contributed by atoms with Gasteiger partial charge < -0.3 is 4.74 Å². The molecule has 2 atom stereocenters. The largest absolute Gasteiger partial charge is 0.500 e. The van der Waals surface area contributed by atoms with Crippen molar-refractivity contribution in [1.29, 1.82) is 0 Å². The summed E-state index contributed by atoms with van der Waals surface area (Å²) in [7, 11) is -0.633. The van der Waals surface area contributed by atoms with Gasteiger partial charge in [0.1, 0.15) is 6.61 Å². The van der Waals surface area contributed by atoms with Crippen LogP contribution in [0.3, 0.4) is 0 Å². The van der Waals surface area contributed by atoms with E-state index in [2.05, 4.69) is 0 Å². The van der Waals surface area contributed by atoms with Gasteiger partial charge in [0, 0.05) is 16.6 Å². The SMILES string of the molecule is CC(C)=COCC1(C)CS1=O. The molecule has 1 saturated heterocycles. The molecule has 0 spiro atoms. The second-order valence-corrected chi connectivity index (χ2v) is 5.41. The van der Waals surface area contributed by atoms with Crippen LogP contribution in [0.1, 0.15) is 20.8 Å². The Balaban J connectivity index is 2.24. The molecule has 1 aliphatic rings. The average molecular weight is 174 g/mol. The van der Waals surface area contributed by atoms with Crippen LogP contribution in [0.25, 0.3) is 0 Å². The van der Waals surface area contributed by atoms with Gasteiger partial charge in [-0.25, -0.2) is 0 Å². The Kier molecular flexibility index (Phi) is 2.37. The highest BCUT2D eigenvalue weighted by Gasteiger charge is 2.48. The highest BCUT2D eigenvalue weighted by molar-refractivity contribution is 7.94. The molecule has 0 bridgehead atoms. The molecule has 64 valence electrons. The van der Waals surface area contributed by atoms with Crippen LogP contribution in [0.5, 0.6) is 0 Å². The van der Waals surface area contributed by atoms with E-state index < -0.39 is 10.8 Å². The molecule has 0 radical (unpaired) electrons. The van der Waals surface area contributed by atoms with Crippen LogP contribution in [0, 0.1) is 0 Å². The Bertz CT molecular complexity index is 206. The first-order valence-corrected chi connectivity index (χ1v) is 5.00. The molecule has 0 amide bonds. The molecule has 1 rings (SSSR count). The molecule has 1 fully saturated rings. The summed E-state index contributed by atoms with van der Waals surface area (Å²) in [6, 6.07) is 0. The summed E-state index contributed by atoms with van der Waals surface area (Å²) in [5.41, 5.74) is 1.14. The lowest BCUT2D eigenvalue weighted by molar-refractivity contribution is 0.233. The number of ether oxygens (including phenoxy) is 1. The number of allylic oxidation sites excluding steroid dienone is 1. The van der Waals surface area contributed by atoms with Crippen LogP contribution in [0.4, 0.5) is 0 Å². The van der Waals surface area contributed by atoms with Crippen molar-refractivity contribution >= 4 is 10.8 Å². The topological polar surface area (TPSA) is 26.3 Å². The molecule has 0 aromatic carbocycles.